The van der Waals surface area contributed by atoms with Crippen molar-refractivity contribution in [1.29, 1.82) is 0 Å². The van der Waals surface area contributed by atoms with Gasteiger partial charge in [0.1, 0.15) is 5.15 Å². The number of pyridine rings is 1. The number of hydrogen-bond acceptors (Lipinski definition) is 4. The van der Waals surface area contributed by atoms with Crippen LogP contribution < -0.4 is 5.32 Å². The number of nitrogens with one attached hydrogen (secondary N) is 1. The summed E-state index contributed by atoms with van der Waals surface area (Å²) in [6.45, 7) is 1.53. The summed E-state index contributed by atoms with van der Waals surface area (Å²) in [5.41, 5.74) is 1.07. The minimum atomic E-state index is -0.438. The van der Waals surface area contributed by atoms with Crippen LogP contribution in [0.2, 0.25) is 5.15 Å². The molecule has 0 spiro atoms. The molecule has 2 atom stereocenters. The minimum absolute atomic E-state index is 0.0542. The van der Waals surface area contributed by atoms with Crippen molar-refractivity contribution in [3.8, 4) is 0 Å². The summed E-state index contributed by atoms with van der Waals surface area (Å²) in [7, 11) is 1.75. The number of halogens is 1. The molecule has 2 heterocycles. The highest BCUT2D eigenvalue weighted by molar-refractivity contribution is 6.29. The summed E-state index contributed by atoms with van der Waals surface area (Å²) in [6.07, 6.45) is 6.02. The Morgan fingerprint density at radius 2 is 2.32 bits per heavy atom. The van der Waals surface area contributed by atoms with Gasteiger partial charge in [0.2, 0.25) is 0 Å². The Kier molecular flexibility index (Phi) is 3.52. The highest BCUT2D eigenvalue weighted by Crippen LogP contribution is 2.49. The molecule has 3 rings (SSSR count). The molecular weight excluding hydrogens is 264 g/mol. The Balaban J connectivity index is 1.73. The van der Waals surface area contributed by atoms with E-state index in [4.69, 9.17) is 21.1 Å². The fourth-order valence-electron chi connectivity index (χ4n) is 3.42. The number of fused-ring (bicyclic) bond motifs is 1. The molecule has 0 amide bonds. The van der Waals surface area contributed by atoms with Gasteiger partial charge in [-0.1, -0.05) is 17.7 Å². The van der Waals surface area contributed by atoms with Gasteiger partial charge in [0.25, 0.3) is 0 Å². The topological polar surface area (TPSA) is 43.4 Å². The van der Waals surface area contributed by atoms with Gasteiger partial charge in [-0.2, -0.15) is 0 Å². The maximum Gasteiger partial charge on any atom is 0.186 e. The lowest BCUT2D eigenvalue weighted by atomic mass is 9.90. The molecule has 1 N–H and O–H groups in total. The van der Waals surface area contributed by atoms with Gasteiger partial charge in [0.05, 0.1) is 12.1 Å². The standard InChI is InChI=1S/C14H19ClN2O2/c1-18-14-6-2-5-13(14,7-8-19-14)17-10-11-3-4-12(15)16-9-11/h3-4,9,17H,2,5-8,10H2,1H3/t13-,14+/m1/s1. The molecule has 1 saturated heterocycles. The van der Waals surface area contributed by atoms with Gasteiger partial charge in [-0.05, 0) is 30.9 Å². The van der Waals surface area contributed by atoms with Crippen LogP contribution in [0.3, 0.4) is 0 Å². The lowest BCUT2D eigenvalue weighted by Gasteiger charge is -2.38. The molecule has 1 aromatic rings. The van der Waals surface area contributed by atoms with Crippen LogP contribution in [0.4, 0.5) is 0 Å². The molecule has 104 valence electrons. The molecule has 5 heteroatoms. The molecule has 0 radical (unpaired) electrons. The average Bonchev–Trinajstić information content (AvgIpc) is 2.93. The van der Waals surface area contributed by atoms with Crippen LogP contribution >= 0.6 is 11.6 Å². The van der Waals surface area contributed by atoms with E-state index in [2.05, 4.69) is 10.3 Å². The van der Waals surface area contributed by atoms with Gasteiger partial charge < -0.3 is 14.8 Å². The van der Waals surface area contributed by atoms with E-state index in [1.54, 1.807) is 7.11 Å². The van der Waals surface area contributed by atoms with Gasteiger partial charge in [-0.15, -0.1) is 0 Å². The first-order valence-corrected chi connectivity index (χ1v) is 7.12. The fraction of sp³-hybridized carbons (Fsp3) is 0.643. The SMILES string of the molecule is CO[C@]12CCC[C@@]1(NCc1ccc(Cl)nc1)CCO2. The zero-order valence-electron chi connectivity index (χ0n) is 11.1. The quantitative estimate of drug-likeness (QED) is 0.862. The second-order valence-corrected chi connectivity index (χ2v) is 5.72. The molecule has 1 aliphatic carbocycles. The van der Waals surface area contributed by atoms with Gasteiger partial charge >= 0.3 is 0 Å². The molecule has 1 aliphatic heterocycles. The third-order valence-corrected chi connectivity index (χ3v) is 4.68. The lowest BCUT2D eigenvalue weighted by molar-refractivity contribution is -0.216. The third kappa shape index (κ3) is 2.17. The molecule has 2 fully saturated rings. The molecule has 19 heavy (non-hydrogen) atoms. The Morgan fingerprint density at radius 1 is 1.42 bits per heavy atom. The van der Waals surface area contributed by atoms with Crippen molar-refractivity contribution in [1.82, 2.24) is 10.3 Å². The summed E-state index contributed by atoms with van der Waals surface area (Å²) < 4.78 is 11.6. The number of methoxy groups -OCH3 is 1. The van der Waals surface area contributed by atoms with Gasteiger partial charge in [-0.3, -0.25) is 0 Å². The van der Waals surface area contributed by atoms with Crippen molar-refractivity contribution in [3.63, 3.8) is 0 Å². The Labute approximate surface area is 118 Å². The van der Waals surface area contributed by atoms with Gasteiger partial charge in [-0.25, -0.2) is 4.98 Å². The molecule has 2 aliphatic rings. The largest absolute Gasteiger partial charge is 0.351 e. The molecule has 0 bridgehead atoms. The number of hydrogen-bond donors (Lipinski definition) is 1. The molecular formula is C14H19ClN2O2. The van der Waals surface area contributed by atoms with E-state index < -0.39 is 5.79 Å². The van der Waals surface area contributed by atoms with E-state index in [9.17, 15) is 0 Å². The summed E-state index contributed by atoms with van der Waals surface area (Å²) in [4.78, 5) is 4.11. The maximum absolute atomic E-state index is 5.90. The smallest absolute Gasteiger partial charge is 0.186 e. The highest BCUT2D eigenvalue weighted by atomic mass is 35.5. The van der Waals surface area contributed by atoms with Crippen LogP contribution in [0.1, 0.15) is 31.2 Å². The van der Waals surface area contributed by atoms with Crippen LogP contribution in [-0.4, -0.2) is 30.0 Å². The Morgan fingerprint density at radius 3 is 3.05 bits per heavy atom. The molecule has 1 aromatic heterocycles. The lowest BCUT2D eigenvalue weighted by Crippen LogP contribution is -2.57. The zero-order chi connectivity index (χ0) is 13.3. The summed E-state index contributed by atoms with van der Waals surface area (Å²) in [5, 5.41) is 4.18. The monoisotopic (exact) mass is 282 g/mol. The van der Waals surface area contributed by atoms with E-state index in [0.29, 0.717) is 5.15 Å². The zero-order valence-corrected chi connectivity index (χ0v) is 11.9. The number of rotatable bonds is 4. The van der Waals surface area contributed by atoms with E-state index in [1.165, 1.54) is 0 Å². The first kappa shape index (κ1) is 13.3. The average molecular weight is 283 g/mol. The number of nitrogens with zero attached hydrogens (tertiary/aromatic N) is 1. The van der Waals surface area contributed by atoms with E-state index in [-0.39, 0.29) is 5.54 Å². The molecule has 1 saturated carbocycles. The summed E-state index contributed by atoms with van der Waals surface area (Å²) in [5.74, 6) is -0.438. The summed E-state index contributed by atoms with van der Waals surface area (Å²) in [6, 6.07) is 3.82. The second-order valence-electron chi connectivity index (χ2n) is 5.33. The van der Waals surface area contributed by atoms with Crippen molar-refractivity contribution < 1.29 is 9.47 Å². The second kappa shape index (κ2) is 5.02. The minimum Gasteiger partial charge on any atom is -0.351 e. The van der Waals surface area contributed by atoms with E-state index in [1.807, 2.05) is 18.3 Å². The van der Waals surface area contributed by atoms with Crippen LogP contribution in [0.5, 0.6) is 0 Å². The van der Waals surface area contributed by atoms with Crippen LogP contribution in [-0.2, 0) is 16.0 Å². The van der Waals surface area contributed by atoms with Crippen molar-refractivity contribution >= 4 is 11.6 Å². The van der Waals surface area contributed by atoms with Crippen molar-refractivity contribution in [2.75, 3.05) is 13.7 Å². The first-order chi connectivity index (χ1) is 9.20. The highest BCUT2D eigenvalue weighted by Gasteiger charge is 2.59. The fourth-order valence-corrected chi connectivity index (χ4v) is 3.53. The predicted octanol–water partition coefficient (Wildman–Crippen LogP) is 2.51. The van der Waals surface area contributed by atoms with Crippen LogP contribution in [0.15, 0.2) is 18.3 Å². The van der Waals surface area contributed by atoms with Gasteiger partial charge in [0.15, 0.2) is 5.79 Å². The van der Waals surface area contributed by atoms with Crippen LogP contribution in [0.25, 0.3) is 0 Å². The van der Waals surface area contributed by atoms with Crippen molar-refractivity contribution in [2.24, 2.45) is 0 Å². The third-order valence-electron chi connectivity index (χ3n) is 4.45. The Bertz CT molecular complexity index is 439. The summed E-state index contributed by atoms with van der Waals surface area (Å²) >= 11 is 5.80. The maximum atomic E-state index is 5.90. The van der Waals surface area contributed by atoms with E-state index >= 15 is 0 Å². The van der Waals surface area contributed by atoms with Gasteiger partial charge in [0, 0.05) is 26.3 Å². The number of ether oxygens (including phenoxy) is 2. The molecule has 0 unspecified atom stereocenters. The molecule has 0 aromatic carbocycles. The predicted molar refractivity (Wildman–Crippen MR) is 73.0 cm³/mol. The number of aromatic nitrogens is 1. The molecule has 4 nitrogen and oxygen atoms in total. The normalized spacial score (nSPS) is 33.6. The first-order valence-electron chi connectivity index (χ1n) is 6.74. The van der Waals surface area contributed by atoms with Crippen molar-refractivity contribution in [3.05, 3.63) is 29.0 Å². The Hall–Kier alpha value is -0.680. The van der Waals surface area contributed by atoms with E-state index in [0.717, 1.165) is 44.4 Å². The van der Waals surface area contributed by atoms with Crippen molar-refractivity contribution in [2.45, 2.75) is 43.6 Å². The van der Waals surface area contributed by atoms with Crippen LogP contribution in [0, 0.1) is 0 Å².